The molecule has 2 amide bonds. The van der Waals surface area contributed by atoms with Crippen molar-refractivity contribution in [3.05, 3.63) is 0 Å². The summed E-state index contributed by atoms with van der Waals surface area (Å²) in [6.07, 6.45) is 4.99. The molecular formula is C15H24N2O3. The fraction of sp³-hybridized carbons (Fsp3) is 0.867. The Bertz CT molecular complexity index is 381. The van der Waals surface area contributed by atoms with Crippen LogP contribution in [0.5, 0.6) is 0 Å². The minimum atomic E-state index is -0.229. The van der Waals surface area contributed by atoms with Crippen LogP contribution in [0.3, 0.4) is 0 Å². The van der Waals surface area contributed by atoms with E-state index in [1.165, 1.54) is 6.42 Å². The molecule has 1 saturated heterocycles. The predicted octanol–water partition coefficient (Wildman–Crippen LogP) is 1.77. The van der Waals surface area contributed by atoms with E-state index in [-0.39, 0.29) is 24.0 Å². The number of carbonyl (C=O) groups is 2. The van der Waals surface area contributed by atoms with Gasteiger partial charge in [0.15, 0.2) is 0 Å². The lowest BCUT2D eigenvalue weighted by atomic mass is 10.00. The molecule has 20 heavy (non-hydrogen) atoms. The maximum absolute atomic E-state index is 12.2. The number of rotatable bonds is 3. The van der Waals surface area contributed by atoms with Gasteiger partial charge in [0.2, 0.25) is 5.91 Å². The van der Waals surface area contributed by atoms with E-state index < -0.39 is 0 Å². The van der Waals surface area contributed by atoms with E-state index in [1.807, 2.05) is 6.92 Å². The molecule has 2 unspecified atom stereocenters. The quantitative estimate of drug-likeness (QED) is 0.857. The molecule has 0 aromatic heterocycles. The van der Waals surface area contributed by atoms with Gasteiger partial charge in [0, 0.05) is 25.0 Å². The van der Waals surface area contributed by atoms with Gasteiger partial charge in [0.1, 0.15) is 0 Å². The van der Waals surface area contributed by atoms with Gasteiger partial charge in [0.05, 0.1) is 6.61 Å². The van der Waals surface area contributed by atoms with Crippen molar-refractivity contribution in [3.8, 4) is 0 Å². The monoisotopic (exact) mass is 280 g/mol. The third kappa shape index (κ3) is 2.91. The average Bonchev–Trinajstić information content (AvgIpc) is 3.06. The molecule has 0 radical (unpaired) electrons. The summed E-state index contributed by atoms with van der Waals surface area (Å²) in [5.41, 5.74) is 0. The molecule has 5 nitrogen and oxygen atoms in total. The normalized spacial score (nSPS) is 32.6. The van der Waals surface area contributed by atoms with Crippen LogP contribution in [0.4, 0.5) is 4.79 Å². The number of hydrogen-bond donors (Lipinski definition) is 1. The van der Waals surface area contributed by atoms with Crippen LogP contribution in [0.15, 0.2) is 0 Å². The highest BCUT2D eigenvalue weighted by molar-refractivity contribution is 5.79. The van der Waals surface area contributed by atoms with Crippen LogP contribution in [-0.2, 0) is 9.53 Å². The summed E-state index contributed by atoms with van der Waals surface area (Å²) in [5, 5.41) is 3.18. The van der Waals surface area contributed by atoms with E-state index in [9.17, 15) is 9.59 Å². The Morgan fingerprint density at radius 1 is 1.15 bits per heavy atom. The molecule has 0 spiro atoms. The lowest BCUT2D eigenvalue weighted by Gasteiger charge is -2.32. The van der Waals surface area contributed by atoms with Gasteiger partial charge in [0.25, 0.3) is 0 Å². The maximum Gasteiger partial charge on any atom is 0.409 e. The lowest BCUT2D eigenvalue weighted by molar-refractivity contribution is -0.126. The van der Waals surface area contributed by atoms with Crippen LogP contribution in [0.1, 0.15) is 39.0 Å². The zero-order valence-corrected chi connectivity index (χ0v) is 12.1. The summed E-state index contributed by atoms with van der Waals surface area (Å²) in [7, 11) is 0. The zero-order chi connectivity index (χ0) is 14.1. The van der Waals surface area contributed by atoms with Crippen molar-refractivity contribution in [1.82, 2.24) is 10.2 Å². The Morgan fingerprint density at radius 2 is 1.80 bits per heavy atom. The predicted molar refractivity (Wildman–Crippen MR) is 74.1 cm³/mol. The summed E-state index contributed by atoms with van der Waals surface area (Å²) < 4.78 is 5.00. The summed E-state index contributed by atoms with van der Waals surface area (Å²) in [6, 6.07) is 0.227. The van der Waals surface area contributed by atoms with Crippen LogP contribution in [0.2, 0.25) is 0 Å². The first kappa shape index (κ1) is 13.7. The summed E-state index contributed by atoms with van der Waals surface area (Å²) in [6.45, 7) is 3.59. The molecule has 1 heterocycles. The number of ether oxygens (including phenoxy) is 1. The number of nitrogens with one attached hydrogen (secondary N) is 1. The third-order valence-corrected chi connectivity index (χ3v) is 4.98. The Morgan fingerprint density at radius 3 is 2.40 bits per heavy atom. The van der Waals surface area contributed by atoms with Gasteiger partial charge in [-0.05, 0) is 50.9 Å². The van der Waals surface area contributed by atoms with E-state index in [4.69, 9.17) is 4.74 Å². The number of nitrogens with zero attached hydrogens (tertiary/aromatic N) is 1. The highest BCUT2D eigenvalue weighted by atomic mass is 16.6. The van der Waals surface area contributed by atoms with E-state index >= 15 is 0 Å². The molecule has 3 aliphatic rings. The van der Waals surface area contributed by atoms with Gasteiger partial charge < -0.3 is 15.0 Å². The van der Waals surface area contributed by atoms with Crippen molar-refractivity contribution in [2.24, 2.45) is 17.8 Å². The number of amides is 2. The molecule has 2 atom stereocenters. The van der Waals surface area contributed by atoms with Gasteiger partial charge in [-0.25, -0.2) is 4.79 Å². The van der Waals surface area contributed by atoms with Gasteiger partial charge in [-0.1, -0.05) is 0 Å². The van der Waals surface area contributed by atoms with Crippen LogP contribution < -0.4 is 5.32 Å². The topological polar surface area (TPSA) is 58.6 Å². The zero-order valence-electron chi connectivity index (χ0n) is 12.1. The van der Waals surface area contributed by atoms with Crippen LogP contribution in [0, 0.1) is 17.8 Å². The second-order valence-electron chi connectivity index (χ2n) is 6.39. The SMILES string of the molecule is CCOC(=O)N1CCC(NC(=O)C2CC3CC3C2)CC1. The maximum atomic E-state index is 12.2. The highest BCUT2D eigenvalue weighted by Gasteiger charge is 2.48. The van der Waals surface area contributed by atoms with Crippen LogP contribution in [-0.4, -0.2) is 42.6 Å². The molecule has 1 aliphatic heterocycles. The van der Waals surface area contributed by atoms with Crippen molar-refractivity contribution in [1.29, 1.82) is 0 Å². The van der Waals surface area contributed by atoms with Gasteiger partial charge >= 0.3 is 6.09 Å². The van der Waals surface area contributed by atoms with E-state index in [0.717, 1.165) is 37.5 Å². The fourth-order valence-electron chi connectivity index (χ4n) is 3.67. The highest BCUT2D eigenvalue weighted by Crippen LogP contribution is 2.54. The first-order valence-corrected chi connectivity index (χ1v) is 7.89. The first-order valence-electron chi connectivity index (χ1n) is 7.89. The molecule has 2 aliphatic carbocycles. The number of hydrogen-bond acceptors (Lipinski definition) is 3. The van der Waals surface area contributed by atoms with Gasteiger partial charge in [-0.15, -0.1) is 0 Å². The second-order valence-corrected chi connectivity index (χ2v) is 6.39. The van der Waals surface area contributed by atoms with E-state index in [0.29, 0.717) is 19.7 Å². The van der Waals surface area contributed by atoms with Crippen molar-refractivity contribution in [2.45, 2.75) is 45.1 Å². The molecule has 3 rings (SSSR count). The third-order valence-electron chi connectivity index (χ3n) is 4.98. The molecule has 2 saturated carbocycles. The number of likely N-dealkylation sites (tertiary alicyclic amines) is 1. The van der Waals surface area contributed by atoms with E-state index in [1.54, 1.807) is 4.90 Å². The molecule has 0 aromatic rings. The van der Waals surface area contributed by atoms with Gasteiger partial charge in [-0.2, -0.15) is 0 Å². The second kappa shape index (κ2) is 5.62. The smallest absolute Gasteiger partial charge is 0.409 e. The van der Waals surface area contributed by atoms with Crippen LogP contribution >= 0.6 is 0 Å². The summed E-state index contributed by atoms with van der Waals surface area (Å²) in [5.74, 6) is 2.18. The molecule has 0 aromatic carbocycles. The Kier molecular flexibility index (Phi) is 3.85. The average molecular weight is 280 g/mol. The molecule has 5 heteroatoms. The van der Waals surface area contributed by atoms with Crippen molar-refractivity contribution < 1.29 is 14.3 Å². The van der Waals surface area contributed by atoms with Crippen molar-refractivity contribution >= 4 is 12.0 Å². The Labute approximate surface area is 120 Å². The minimum Gasteiger partial charge on any atom is -0.450 e. The number of piperidine rings is 1. The number of carbonyl (C=O) groups excluding carboxylic acids is 2. The molecule has 0 bridgehead atoms. The minimum absolute atomic E-state index is 0.227. The first-order chi connectivity index (χ1) is 9.67. The number of fused-ring (bicyclic) bond motifs is 1. The summed E-state index contributed by atoms with van der Waals surface area (Å²) in [4.78, 5) is 25.5. The van der Waals surface area contributed by atoms with Crippen LogP contribution in [0.25, 0.3) is 0 Å². The van der Waals surface area contributed by atoms with Gasteiger partial charge in [-0.3, -0.25) is 4.79 Å². The van der Waals surface area contributed by atoms with E-state index in [2.05, 4.69) is 5.32 Å². The molecule has 1 N–H and O–H groups in total. The molecular weight excluding hydrogens is 256 g/mol. The Balaban J connectivity index is 1.40. The Hall–Kier alpha value is -1.26. The fourth-order valence-corrected chi connectivity index (χ4v) is 3.67. The lowest BCUT2D eigenvalue weighted by Crippen LogP contribution is -2.47. The van der Waals surface area contributed by atoms with Crippen molar-refractivity contribution in [3.63, 3.8) is 0 Å². The standard InChI is InChI=1S/C15H24N2O3/c1-2-20-15(19)17-5-3-13(4-6-17)16-14(18)12-8-10-7-11(10)9-12/h10-13H,2-9H2,1H3,(H,16,18). The molecule has 3 fully saturated rings. The largest absolute Gasteiger partial charge is 0.450 e. The van der Waals surface area contributed by atoms with Crippen molar-refractivity contribution in [2.75, 3.05) is 19.7 Å². The molecule has 112 valence electrons. The summed E-state index contributed by atoms with van der Waals surface area (Å²) >= 11 is 0.